The van der Waals surface area contributed by atoms with E-state index in [2.05, 4.69) is 25.6 Å². The molecule has 0 aliphatic rings. The molecule has 1 amide bonds. The predicted molar refractivity (Wildman–Crippen MR) is 131 cm³/mol. The number of benzene rings is 2. The Hall–Kier alpha value is -4.37. The van der Waals surface area contributed by atoms with Crippen molar-refractivity contribution in [3.8, 4) is 5.75 Å². The molecule has 3 heterocycles. The molecule has 8 nitrogen and oxygen atoms in total. The van der Waals surface area contributed by atoms with Gasteiger partial charge < -0.3 is 20.2 Å². The maximum atomic E-state index is 12.5. The Kier molecular flexibility index (Phi) is 5.84. The van der Waals surface area contributed by atoms with Gasteiger partial charge in [0.2, 0.25) is 0 Å². The molecule has 3 N–H and O–H groups in total. The predicted octanol–water partition coefficient (Wildman–Crippen LogP) is 5.78. The number of aromatic hydroxyl groups is 1. The minimum absolute atomic E-state index is 0.203. The number of nitrogens with one attached hydrogen (secondary N) is 2. The molecule has 0 aliphatic heterocycles. The highest BCUT2D eigenvalue weighted by Gasteiger charge is 2.14. The number of rotatable bonds is 6. The van der Waals surface area contributed by atoms with Crippen molar-refractivity contribution in [2.75, 3.05) is 10.6 Å². The van der Waals surface area contributed by atoms with Crippen LogP contribution in [0.2, 0.25) is 0 Å². The number of pyridine rings is 1. The molecule has 0 unspecified atom stereocenters. The normalized spacial score (nSPS) is 10.9. The molecule has 3 aromatic heterocycles. The summed E-state index contributed by atoms with van der Waals surface area (Å²) in [5.74, 6) is 0.677. The van der Waals surface area contributed by atoms with Gasteiger partial charge in [-0.3, -0.25) is 4.79 Å². The second-order valence-corrected chi connectivity index (χ2v) is 8.52. The molecule has 0 aliphatic carbocycles. The molecule has 168 valence electrons. The zero-order valence-electron chi connectivity index (χ0n) is 18.0. The van der Waals surface area contributed by atoms with Gasteiger partial charge in [0.15, 0.2) is 11.4 Å². The Morgan fingerprint density at radius 1 is 1.03 bits per heavy atom. The van der Waals surface area contributed by atoms with Crippen LogP contribution < -0.4 is 10.6 Å². The van der Waals surface area contributed by atoms with E-state index < -0.39 is 0 Å². The Morgan fingerprint density at radius 2 is 1.88 bits per heavy atom. The van der Waals surface area contributed by atoms with Gasteiger partial charge in [0.05, 0.1) is 17.3 Å². The van der Waals surface area contributed by atoms with Crippen LogP contribution in [0.5, 0.6) is 5.75 Å². The van der Waals surface area contributed by atoms with E-state index in [0.717, 1.165) is 26.6 Å². The first kappa shape index (κ1) is 21.5. The highest BCUT2D eigenvalue weighted by molar-refractivity contribution is 7.99. The number of phenols is 1. The van der Waals surface area contributed by atoms with E-state index in [0.29, 0.717) is 17.2 Å². The smallest absolute Gasteiger partial charge is 0.291 e. The van der Waals surface area contributed by atoms with Crippen LogP contribution in [0.1, 0.15) is 16.2 Å². The number of nitrogens with zero attached hydrogens (tertiary/aromatic N) is 3. The van der Waals surface area contributed by atoms with Gasteiger partial charge in [-0.2, -0.15) is 0 Å². The summed E-state index contributed by atoms with van der Waals surface area (Å²) in [5, 5.41) is 16.6. The molecule has 0 saturated carbocycles. The van der Waals surface area contributed by atoms with E-state index in [1.54, 1.807) is 24.3 Å². The summed E-state index contributed by atoms with van der Waals surface area (Å²) in [5.41, 5.74) is 2.78. The highest BCUT2D eigenvalue weighted by Crippen LogP contribution is 2.37. The van der Waals surface area contributed by atoms with Crippen LogP contribution in [-0.2, 0) is 0 Å². The largest absolute Gasteiger partial charge is 0.508 e. The fraction of sp³-hybridized carbons (Fsp3) is 0.0400. The maximum absolute atomic E-state index is 12.5. The van der Waals surface area contributed by atoms with Gasteiger partial charge >= 0.3 is 0 Å². The molecule has 0 saturated heterocycles. The monoisotopic (exact) mass is 469 g/mol. The van der Waals surface area contributed by atoms with E-state index in [4.69, 9.17) is 4.42 Å². The molecule has 5 rings (SSSR count). The third kappa shape index (κ3) is 4.69. The molecule has 0 bridgehead atoms. The Bertz CT molecular complexity index is 1470. The molecule has 0 atom stereocenters. The summed E-state index contributed by atoms with van der Waals surface area (Å²) in [7, 11) is 0. The molecular weight excluding hydrogens is 450 g/mol. The standard InChI is InChI=1S/C25H19N5O3S/c1-15-4-10-19-23(28-15)26-14-27-24(19)30-20-13-16(29-25(32)21-3-2-12-33-21)5-11-22(20)34-18-8-6-17(31)7-9-18/h2-14,31H,1H3,(H,29,32)(H,26,27,28,30). The molecule has 0 fully saturated rings. The van der Waals surface area contributed by atoms with Crippen LogP contribution in [0, 0.1) is 6.92 Å². The summed E-state index contributed by atoms with van der Waals surface area (Å²) in [6.45, 7) is 1.91. The summed E-state index contributed by atoms with van der Waals surface area (Å²) in [6, 6.07) is 19.6. The first-order chi connectivity index (χ1) is 16.5. The van der Waals surface area contributed by atoms with Crippen molar-refractivity contribution >= 4 is 45.9 Å². The minimum Gasteiger partial charge on any atom is -0.508 e. The zero-order chi connectivity index (χ0) is 23.5. The van der Waals surface area contributed by atoms with E-state index in [9.17, 15) is 9.90 Å². The average molecular weight is 470 g/mol. The first-order valence-electron chi connectivity index (χ1n) is 10.4. The summed E-state index contributed by atoms with van der Waals surface area (Å²) in [4.78, 5) is 27.5. The lowest BCUT2D eigenvalue weighted by Crippen LogP contribution is -2.11. The quantitative estimate of drug-likeness (QED) is 0.287. The molecule has 5 aromatic rings. The van der Waals surface area contributed by atoms with Crippen LogP contribution in [0.4, 0.5) is 17.2 Å². The van der Waals surface area contributed by atoms with E-state index in [1.165, 1.54) is 24.4 Å². The number of fused-ring (bicyclic) bond motifs is 1. The van der Waals surface area contributed by atoms with Crippen molar-refractivity contribution in [3.05, 3.63) is 90.8 Å². The average Bonchev–Trinajstić information content (AvgIpc) is 3.37. The van der Waals surface area contributed by atoms with Crippen molar-refractivity contribution in [1.82, 2.24) is 15.0 Å². The SMILES string of the molecule is Cc1ccc2c(Nc3cc(NC(=O)c4ccco4)ccc3Sc3ccc(O)cc3)ncnc2n1. The number of furan rings is 1. The van der Waals surface area contributed by atoms with E-state index in [-0.39, 0.29) is 17.4 Å². The molecule has 0 spiro atoms. The number of hydrogen-bond acceptors (Lipinski definition) is 8. The van der Waals surface area contributed by atoms with Crippen LogP contribution >= 0.6 is 11.8 Å². The summed E-state index contributed by atoms with van der Waals surface area (Å²) >= 11 is 1.51. The number of aryl methyl sites for hydroxylation is 1. The van der Waals surface area contributed by atoms with Crippen LogP contribution in [0.25, 0.3) is 11.0 Å². The minimum atomic E-state index is -0.345. The number of amides is 1. The number of phenolic OH excluding ortho intramolecular Hbond substituents is 1. The fourth-order valence-corrected chi connectivity index (χ4v) is 4.18. The summed E-state index contributed by atoms with van der Waals surface area (Å²) < 4.78 is 5.19. The van der Waals surface area contributed by atoms with Crippen molar-refractivity contribution < 1.29 is 14.3 Å². The van der Waals surface area contributed by atoms with Gasteiger partial charge in [0.1, 0.15) is 17.9 Å². The lowest BCUT2D eigenvalue weighted by molar-refractivity contribution is 0.0996. The summed E-state index contributed by atoms with van der Waals surface area (Å²) in [6.07, 6.45) is 2.92. The van der Waals surface area contributed by atoms with Crippen LogP contribution in [-0.4, -0.2) is 26.0 Å². The van der Waals surface area contributed by atoms with Gasteiger partial charge in [-0.1, -0.05) is 11.8 Å². The fourth-order valence-electron chi connectivity index (χ4n) is 3.30. The van der Waals surface area contributed by atoms with Crippen molar-refractivity contribution in [1.29, 1.82) is 0 Å². The van der Waals surface area contributed by atoms with Gasteiger partial charge in [-0.15, -0.1) is 0 Å². The van der Waals surface area contributed by atoms with E-state index in [1.807, 2.05) is 49.4 Å². The first-order valence-corrected chi connectivity index (χ1v) is 11.2. The Labute approximate surface area is 199 Å². The number of hydrogen-bond donors (Lipinski definition) is 3. The van der Waals surface area contributed by atoms with Gasteiger partial charge in [0, 0.05) is 21.2 Å². The van der Waals surface area contributed by atoms with Crippen molar-refractivity contribution in [2.24, 2.45) is 0 Å². The zero-order valence-corrected chi connectivity index (χ0v) is 18.8. The second kappa shape index (κ2) is 9.24. The van der Waals surface area contributed by atoms with Crippen LogP contribution in [0.3, 0.4) is 0 Å². The topological polar surface area (TPSA) is 113 Å². The van der Waals surface area contributed by atoms with Crippen molar-refractivity contribution in [2.45, 2.75) is 16.7 Å². The van der Waals surface area contributed by atoms with Crippen molar-refractivity contribution in [3.63, 3.8) is 0 Å². The lowest BCUT2D eigenvalue weighted by atomic mass is 10.2. The Morgan fingerprint density at radius 3 is 2.68 bits per heavy atom. The van der Waals surface area contributed by atoms with E-state index >= 15 is 0 Å². The van der Waals surface area contributed by atoms with Gasteiger partial charge in [-0.05, 0) is 73.7 Å². The third-order valence-corrected chi connectivity index (χ3v) is 6.02. The lowest BCUT2D eigenvalue weighted by Gasteiger charge is -2.15. The number of anilines is 3. The molecule has 34 heavy (non-hydrogen) atoms. The highest BCUT2D eigenvalue weighted by atomic mass is 32.2. The molecule has 2 aromatic carbocycles. The molecular formula is C25H19N5O3S. The Balaban J connectivity index is 1.51. The maximum Gasteiger partial charge on any atom is 0.291 e. The second-order valence-electron chi connectivity index (χ2n) is 7.41. The van der Waals surface area contributed by atoms with Gasteiger partial charge in [-0.25, -0.2) is 15.0 Å². The number of carbonyl (C=O) groups excluding carboxylic acids is 1. The molecule has 0 radical (unpaired) electrons. The van der Waals surface area contributed by atoms with Gasteiger partial charge in [0.25, 0.3) is 5.91 Å². The number of carbonyl (C=O) groups is 1. The third-order valence-electron chi connectivity index (χ3n) is 4.94. The van der Waals surface area contributed by atoms with Crippen LogP contribution in [0.15, 0.2) is 93.5 Å². The number of aromatic nitrogens is 3. The molecule has 9 heteroatoms.